The van der Waals surface area contributed by atoms with E-state index in [2.05, 4.69) is 10.2 Å². The monoisotopic (exact) mass is 274 g/mol. The summed E-state index contributed by atoms with van der Waals surface area (Å²) in [5.41, 5.74) is 5.56. The maximum absolute atomic E-state index is 12.3. The van der Waals surface area contributed by atoms with Crippen LogP contribution in [0.1, 0.15) is 19.3 Å². The molecule has 0 amide bonds. The van der Waals surface area contributed by atoms with Gasteiger partial charge in [0.2, 0.25) is 10.0 Å². The van der Waals surface area contributed by atoms with Crippen molar-refractivity contribution in [3.8, 4) is 0 Å². The highest BCUT2D eigenvalue weighted by atomic mass is 32.2. The van der Waals surface area contributed by atoms with Crippen LogP contribution in [0.15, 0.2) is 11.1 Å². The summed E-state index contributed by atoms with van der Waals surface area (Å²) < 4.78 is 26.1. The SMILES string of the molecule is Nc1[nH]ncc1S(=O)(=O)N1CCCC(CCO)C1. The Bertz CT molecular complexity index is 497. The van der Waals surface area contributed by atoms with Gasteiger partial charge in [0.05, 0.1) is 6.20 Å². The largest absolute Gasteiger partial charge is 0.396 e. The van der Waals surface area contributed by atoms with Gasteiger partial charge in [-0.15, -0.1) is 0 Å². The van der Waals surface area contributed by atoms with Crippen LogP contribution in [0.2, 0.25) is 0 Å². The summed E-state index contributed by atoms with van der Waals surface area (Å²) >= 11 is 0. The highest BCUT2D eigenvalue weighted by Crippen LogP contribution is 2.26. The molecule has 1 unspecified atom stereocenters. The first-order valence-electron chi connectivity index (χ1n) is 5.95. The molecule has 2 heterocycles. The van der Waals surface area contributed by atoms with E-state index in [1.807, 2.05) is 0 Å². The van der Waals surface area contributed by atoms with Crippen LogP contribution >= 0.6 is 0 Å². The first kappa shape index (κ1) is 13.3. The zero-order valence-electron chi connectivity index (χ0n) is 10.0. The number of aromatic nitrogens is 2. The highest BCUT2D eigenvalue weighted by molar-refractivity contribution is 7.89. The van der Waals surface area contributed by atoms with Crippen molar-refractivity contribution < 1.29 is 13.5 Å². The maximum atomic E-state index is 12.3. The van der Waals surface area contributed by atoms with Gasteiger partial charge in [-0.1, -0.05) is 0 Å². The van der Waals surface area contributed by atoms with Gasteiger partial charge in [0, 0.05) is 19.7 Å². The number of nitrogens with two attached hydrogens (primary N) is 1. The number of hydrogen-bond donors (Lipinski definition) is 3. The van der Waals surface area contributed by atoms with E-state index in [1.54, 1.807) is 0 Å². The molecule has 2 rings (SSSR count). The smallest absolute Gasteiger partial charge is 0.248 e. The Kier molecular flexibility index (Phi) is 3.88. The lowest BCUT2D eigenvalue weighted by Crippen LogP contribution is -2.40. The highest BCUT2D eigenvalue weighted by Gasteiger charge is 2.32. The van der Waals surface area contributed by atoms with E-state index in [-0.39, 0.29) is 23.2 Å². The zero-order chi connectivity index (χ0) is 13.2. The number of H-pyrrole nitrogens is 1. The minimum absolute atomic E-state index is 0.0344. The van der Waals surface area contributed by atoms with E-state index >= 15 is 0 Å². The second-order valence-corrected chi connectivity index (χ2v) is 6.44. The maximum Gasteiger partial charge on any atom is 0.248 e. The van der Waals surface area contributed by atoms with Crippen molar-refractivity contribution in [1.29, 1.82) is 0 Å². The molecule has 1 aromatic heterocycles. The van der Waals surface area contributed by atoms with Gasteiger partial charge in [0.25, 0.3) is 0 Å². The lowest BCUT2D eigenvalue weighted by Gasteiger charge is -2.31. The van der Waals surface area contributed by atoms with E-state index in [0.29, 0.717) is 19.5 Å². The standard InChI is InChI=1S/C10H18N4O3S/c11-10-9(6-12-13-10)18(16,17)14-4-1-2-8(7-14)3-5-15/h6,8,15H,1-5,7H2,(H3,11,12,13). The lowest BCUT2D eigenvalue weighted by molar-refractivity contribution is 0.203. The van der Waals surface area contributed by atoms with Crippen LogP contribution in [0, 0.1) is 5.92 Å². The number of nitrogens with one attached hydrogen (secondary N) is 1. The van der Waals surface area contributed by atoms with E-state index in [9.17, 15) is 8.42 Å². The fourth-order valence-electron chi connectivity index (χ4n) is 2.29. The molecule has 0 aromatic carbocycles. The molecule has 0 bridgehead atoms. The van der Waals surface area contributed by atoms with Gasteiger partial charge in [-0.2, -0.15) is 9.40 Å². The Morgan fingerprint density at radius 1 is 1.61 bits per heavy atom. The van der Waals surface area contributed by atoms with Crippen LogP contribution in [0.25, 0.3) is 0 Å². The third-order valence-electron chi connectivity index (χ3n) is 3.27. The molecule has 102 valence electrons. The Morgan fingerprint density at radius 2 is 2.39 bits per heavy atom. The van der Waals surface area contributed by atoms with Crippen molar-refractivity contribution in [2.24, 2.45) is 5.92 Å². The minimum atomic E-state index is -3.57. The third-order valence-corrected chi connectivity index (χ3v) is 5.16. The van der Waals surface area contributed by atoms with Gasteiger partial charge in [0.15, 0.2) is 0 Å². The fourth-order valence-corrected chi connectivity index (χ4v) is 3.86. The molecule has 0 aliphatic carbocycles. The van der Waals surface area contributed by atoms with Gasteiger partial charge >= 0.3 is 0 Å². The quantitative estimate of drug-likeness (QED) is 0.702. The van der Waals surface area contributed by atoms with Crippen LogP contribution in [-0.2, 0) is 10.0 Å². The number of anilines is 1. The molecule has 1 saturated heterocycles. The minimum Gasteiger partial charge on any atom is -0.396 e. The number of nitrogens with zero attached hydrogens (tertiary/aromatic N) is 2. The predicted molar refractivity (Wildman–Crippen MR) is 66.2 cm³/mol. The summed E-state index contributed by atoms with van der Waals surface area (Å²) in [4.78, 5) is 0.0344. The number of sulfonamides is 1. The van der Waals surface area contributed by atoms with Crippen molar-refractivity contribution in [3.63, 3.8) is 0 Å². The van der Waals surface area contributed by atoms with E-state index < -0.39 is 10.0 Å². The molecule has 1 atom stereocenters. The van der Waals surface area contributed by atoms with Crippen molar-refractivity contribution in [3.05, 3.63) is 6.20 Å². The molecular weight excluding hydrogens is 256 g/mol. The molecular formula is C10H18N4O3S. The zero-order valence-corrected chi connectivity index (χ0v) is 10.9. The van der Waals surface area contributed by atoms with Crippen molar-refractivity contribution in [2.75, 3.05) is 25.4 Å². The number of piperidine rings is 1. The average molecular weight is 274 g/mol. The molecule has 8 heteroatoms. The second kappa shape index (κ2) is 5.25. The van der Waals surface area contributed by atoms with E-state index in [4.69, 9.17) is 10.8 Å². The van der Waals surface area contributed by atoms with Gasteiger partial charge < -0.3 is 10.8 Å². The molecule has 1 aliphatic rings. The van der Waals surface area contributed by atoms with Crippen molar-refractivity contribution in [1.82, 2.24) is 14.5 Å². The average Bonchev–Trinajstić information content (AvgIpc) is 2.77. The molecule has 7 nitrogen and oxygen atoms in total. The normalized spacial score (nSPS) is 22.2. The van der Waals surface area contributed by atoms with E-state index in [1.165, 1.54) is 10.5 Å². The van der Waals surface area contributed by atoms with Crippen LogP contribution in [-0.4, -0.2) is 47.7 Å². The number of hydrogen-bond acceptors (Lipinski definition) is 5. The second-order valence-electron chi connectivity index (χ2n) is 4.53. The third kappa shape index (κ3) is 2.50. The van der Waals surface area contributed by atoms with Crippen LogP contribution in [0.3, 0.4) is 0 Å². The molecule has 1 aromatic rings. The van der Waals surface area contributed by atoms with E-state index in [0.717, 1.165) is 12.8 Å². The summed E-state index contributed by atoms with van der Waals surface area (Å²) in [5.74, 6) is 0.283. The number of rotatable bonds is 4. The van der Waals surface area contributed by atoms with Crippen molar-refractivity contribution in [2.45, 2.75) is 24.2 Å². The summed E-state index contributed by atoms with van der Waals surface area (Å²) in [6.07, 6.45) is 3.63. The Balaban J connectivity index is 2.18. The molecule has 4 N–H and O–H groups in total. The van der Waals surface area contributed by atoms with Crippen molar-refractivity contribution >= 4 is 15.8 Å². The number of aliphatic hydroxyl groups is 1. The molecule has 1 aliphatic heterocycles. The summed E-state index contributed by atoms with van der Waals surface area (Å²) in [5, 5.41) is 15.0. The van der Waals surface area contributed by atoms with Crippen LogP contribution in [0.5, 0.6) is 0 Å². The topological polar surface area (TPSA) is 112 Å². The molecule has 18 heavy (non-hydrogen) atoms. The van der Waals surface area contributed by atoms with Gasteiger partial charge in [-0.3, -0.25) is 5.10 Å². The number of aromatic amines is 1. The fraction of sp³-hybridized carbons (Fsp3) is 0.700. The molecule has 0 spiro atoms. The van der Waals surface area contributed by atoms with Crippen LogP contribution in [0.4, 0.5) is 5.82 Å². The first-order valence-corrected chi connectivity index (χ1v) is 7.39. The van der Waals surface area contributed by atoms with Gasteiger partial charge in [-0.05, 0) is 25.2 Å². The Labute approximate surface area is 106 Å². The summed E-state index contributed by atoms with van der Waals surface area (Å²) in [6.45, 7) is 1.02. The van der Waals surface area contributed by atoms with Crippen LogP contribution < -0.4 is 5.73 Å². The summed E-state index contributed by atoms with van der Waals surface area (Å²) in [6, 6.07) is 0. The van der Waals surface area contributed by atoms with Gasteiger partial charge in [-0.25, -0.2) is 8.42 Å². The lowest BCUT2D eigenvalue weighted by atomic mass is 9.97. The molecule has 0 saturated carbocycles. The first-order chi connectivity index (χ1) is 8.55. The Hall–Kier alpha value is -1.12. The predicted octanol–water partition coefficient (Wildman–Crippen LogP) is -0.225. The number of nitrogen functional groups attached to an aromatic ring is 1. The number of aliphatic hydroxyl groups excluding tert-OH is 1. The van der Waals surface area contributed by atoms with Gasteiger partial charge in [0.1, 0.15) is 10.7 Å². The molecule has 1 fully saturated rings. The summed E-state index contributed by atoms with van der Waals surface area (Å²) in [7, 11) is -3.57. The Morgan fingerprint density at radius 3 is 3.00 bits per heavy atom. The molecule has 0 radical (unpaired) electrons.